The minimum Gasteiger partial charge on any atom is -0.390 e. The SMILES string of the molecule is Cc1cc(C(=N)CO)cc(CC(C)C)n1. The van der Waals surface area contributed by atoms with Crippen LogP contribution in [-0.2, 0) is 6.42 Å². The molecule has 1 aromatic rings. The summed E-state index contributed by atoms with van der Waals surface area (Å²) < 4.78 is 0. The first-order valence-corrected chi connectivity index (χ1v) is 5.19. The van der Waals surface area contributed by atoms with Crippen molar-refractivity contribution >= 4 is 5.71 Å². The van der Waals surface area contributed by atoms with E-state index in [1.807, 2.05) is 19.1 Å². The smallest absolute Gasteiger partial charge is 0.0851 e. The van der Waals surface area contributed by atoms with Crippen molar-refractivity contribution in [2.24, 2.45) is 5.92 Å². The topological polar surface area (TPSA) is 57.0 Å². The molecule has 1 rings (SSSR count). The molecule has 1 heterocycles. The van der Waals surface area contributed by atoms with Crippen LogP contribution in [0.4, 0.5) is 0 Å². The summed E-state index contributed by atoms with van der Waals surface area (Å²) >= 11 is 0. The molecule has 0 fully saturated rings. The number of aromatic nitrogens is 1. The van der Waals surface area contributed by atoms with Crippen LogP contribution < -0.4 is 0 Å². The molecule has 15 heavy (non-hydrogen) atoms. The van der Waals surface area contributed by atoms with Gasteiger partial charge in [-0.2, -0.15) is 0 Å². The third-order valence-electron chi connectivity index (χ3n) is 2.13. The lowest BCUT2D eigenvalue weighted by Crippen LogP contribution is -2.08. The van der Waals surface area contributed by atoms with Crippen molar-refractivity contribution in [3.8, 4) is 0 Å². The summed E-state index contributed by atoms with van der Waals surface area (Å²) in [5.41, 5.74) is 2.94. The second-order valence-corrected chi connectivity index (χ2v) is 4.22. The summed E-state index contributed by atoms with van der Waals surface area (Å²) in [6.07, 6.45) is 0.910. The van der Waals surface area contributed by atoms with E-state index in [-0.39, 0.29) is 12.3 Å². The average molecular weight is 206 g/mol. The van der Waals surface area contributed by atoms with Crippen LogP contribution in [0.1, 0.15) is 30.8 Å². The normalized spacial score (nSPS) is 10.7. The van der Waals surface area contributed by atoms with Crippen LogP contribution in [0.5, 0.6) is 0 Å². The molecule has 0 aromatic carbocycles. The fraction of sp³-hybridized carbons (Fsp3) is 0.500. The molecule has 0 atom stereocenters. The first-order valence-electron chi connectivity index (χ1n) is 5.19. The number of aryl methyl sites for hydroxylation is 1. The van der Waals surface area contributed by atoms with Gasteiger partial charge in [0.15, 0.2) is 0 Å². The van der Waals surface area contributed by atoms with Crippen LogP contribution in [0, 0.1) is 18.3 Å². The van der Waals surface area contributed by atoms with Gasteiger partial charge in [0, 0.05) is 17.0 Å². The Hall–Kier alpha value is -1.22. The van der Waals surface area contributed by atoms with E-state index in [9.17, 15) is 0 Å². The molecule has 0 spiro atoms. The summed E-state index contributed by atoms with van der Waals surface area (Å²) in [5, 5.41) is 16.5. The van der Waals surface area contributed by atoms with E-state index in [0.29, 0.717) is 5.92 Å². The minimum atomic E-state index is -0.218. The first-order chi connectivity index (χ1) is 7.02. The maximum atomic E-state index is 8.91. The molecule has 0 saturated heterocycles. The number of aliphatic hydroxyl groups excluding tert-OH is 1. The molecule has 0 aliphatic carbocycles. The van der Waals surface area contributed by atoms with Gasteiger partial charge in [-0.1, -0.05) is 13.8 Å². The lowest BCUT2D eigenvalue weighted by molar-refractivity contribution is 0.357. The van der Waals surface area contributed by atoms with Gasteiger partial charge in [0.1, 0.15) is 0 Å². The summed E-state index contributed by atoms with van der Waals surface area (Å²) in [7, 11) is 0. The van der Waals surface area contributed by atoms with Crippen molar-refractivity contribution < 1.29 is 5.11 Å². The highest BCUT2D eigenvalue weighted by Crippen LogP contribution is 2.10. The van der Waals surface area contributed by atoms with Crippen LogP contribution in [0.25, 0.3) is 0 Å². The van der Waals surface area contributed by atoms with E-state index in [0.717, 1.165) is 23.4 Å². The van der Waals surface area contributed by atoms with Gasteiger partial charge < -0.3 is 10.5 Å². The fourth-order valence-corrected chi connectivity index (χ4v) is 1.53. The molecule has 2 N–H and O–H groups in total. The Balaban J connectivity index is 2.99. The van der Waals surface area contributed by atoms with Crippen molar-refractivity contribution in [1.29, 1.82) is 5.41 Å². The molecule has 0 unspecified atom stereocenters. The average Bonchev–Trinajstić information content (AvgIpc) is 2.14. The van der Waals surface area contributed by atoms with E-state index in [2.05, 4.69) is 18.8 Å². The van der Waals surface area contributed by atoms with Gasteiger partial charge in [0.25, 0.3) is 0 Å². The number of nitrogens with one attached hydrogen (secondary N) is 1. The second-order valence-electron chi connectivity index (χ2n) is 4.22. The Morgan fingerprint density at radius 3 is 2.67 bits per heavy atom. The van der Waals surface area contributed by atoms with Crippen molar-refractivity contribution in [2.45, 2.75) is 27.2 Å². The number of hydrogen-bond donors (Lipinski definition) is 2. The summed E-state index contributed by atoms with van der Waals surface area (Å²) in [6, 6.07) is 3.73. The van der Waals surface area contributed by atoms with E-state index in [1.54, 1.807) is 0 Å². The van der Waals surface area contributed by atoms with E-state index >= 15 is 0 Å². The van der Waals surface area contributed by atoms with Crippen LogP contribution >= 0.6 is 0 Å². The van der Waals surface area contributed by atoms with Crippen LogP contribution in [0.2, 0.25) is 0 Å². The number of rotatable bonds is 4. The van der Waals surface area contributed by atoms with Gasteiger partial charge in [0.05, 0.1) is 12.3 Å². The molecule has 0 aliphatic heterocycles. The highest BCUT2D eigenvalue weighted by atomic mass is 16.3. The summed E-state index contributed by atoms with van der Waals surface area (Å²) in [5.74, 6) is 0.551. The monoisotopic (exact) mass is 206 g/mol. The zero-order valence-corrected chi connectivity index (χ0v) is 9.54. The summed E-state index contributed by atoms with van der Waals surface area (Å²) in [4.78, 5) is 4.41. The molecule has 82 valence electrons. The van der Waals surface area contributed by atoms with Crippen molar-refractivity contribution in [3.63, 3.8) is 0 Å². The van der Waals surface area contributed by atoms with Crippen molar-refractivity contribution in [3.05, 3.63) is 29.1 Å². The lowest BCUT2D eigenvalue weighted by atomic mass is 10.0. The van der Waals surface area contributed by atoms with Crippen LogP contribution in [-0.4, -0.2) is 22.4 Å². The summed E-state index contributed by atoms with van der Waals surface area (Å²) in [6.45, 7) is 5.98. The van der Waals surface area contributed by atoms with Gasteiger partial charge in [-0.25, -0.2) is 0 Å². The highest BCUT2D eigenvalue weighted by molar-refractivity contribution is 5.99. The highest BCUT2D eigenvalue weighted by Gasteiger charge is 2.05. The third-order valence-corrected chi connectivity index (χ3v) is 2.13. The molecule has 3 heteroatoms. The van der Waals surface area contributed by atoms with E-state index in [4.69, 9.17) is 10.5 Å². The van der Waals surface area contributed by atoms with Gasteiger partial charge in [-0.15, -0.1) is 0 Å². The van der Waals surface area contributed by atoms with Gasteiger partial charge in [-0.3, -0.25) is 4.98 Å². The predicted octanol–water partition coefficient (Wildman–Crippen LogP) is 1.95. The Morgan fingerprint density at radius 1 is 1.47 bits per heavy atom. The first kappa shape index (κ1) is 11.9. The molecule has 0 aliphatic rings. The zero-order valence-electron chi connectivity index (χ0n) is 9.54. The van der Waals surface area contributed by atoms with Crippen LogP contribution in [0.3, 0.4) is 0 Å². The van der Waals surface area contributed by atoms with E-state index in [1.165, 1.54) is 0 Å². The largest absolute Gasteiger partial charge is 0.390 e. The standard InChI is InChI=1S/C12H18N2O/c1-8(2)4-11-6-10(12(13)7-15)5-9(3)14-11/h5-6,8,13,15H,4,7H2,1-3H3. The van der Waals surface area contributed by atoms with Gasteiger partial charge in [-0.05, 0) is 31.4 Å². The molecule has 1 aromatic heterocycles. The number of pyridine rings is 1. The number of hydrogen-bond acceptors (Lipinski definition) is 3. The molecule has 0 amide bonds. The minimum absolute atomic E-state index is 0.218. The quantitative estimate of drug-likeness (QED) is 0.740. The maximum Gasteiger partial charge on any atom is 0.0851 e. The Labute approximate surface area is 90.7 Å². The molecule has 3 nitrogen and oxygen atoms in total. The van der Waals surface area contributed by atoms with Gasteiger partial charge in [0.2, 0.25) is 0 Å². The van der Waals surface area contributed by atoms with Crippen molar-refractivity contribution in [2.75, 3.05) is 6.61 Å². The fourth-order valence-electron chi connectivity index (χ4n) is 1.53. The molecule has 0 bridgehead atoms. The zero-order chi connectivity index (χ0) is 11.4. The maximum absolute atomic E-state index is 8.91. The molecular formula is C12H18N2O. The van der Waals surface area contributed by atoms with Gasteiger partial charge >= 0.3 is 0 Å². The molecule has 0 radical (unpaired) electrons. The number of nitrogens with zero attached hydrogens (tertiary/aromatic N) is 1. The Morgan fingerprint density at radius 2 is 2.13 bits per heavy atom. The van der Waals surface area contributed by atoms with E-state index < -0.39 is 0 Å². The lowest BCUT2D eigenvalue weighted by Gasteiger charge is -2.08. The van der Waals surface area contributed by atoms with Crippen molar-refractivity contribution in [1.82, 2.24) is 4.98 Å². The third kappa shape index (κ3) is 3.44. The van der Waals surface area contributed by atoms with Crippen LogP contribution in [0.15, 0.2) is 12.1 Å². The second kappa shape index (κ2) is 5.03. The molecule has 0 saturated carbocycles. The predicted molar refractivity (Wildman–Crippen MR) is 61.4 cm³/mol. The Bertz CT molecular complexity index is 359. The Kier molecular flexibility index (Phi) is 3.97. The molecular weight excluding hydrogens is 188 g/mol. The number of aliphatic hydroxyl groups is 1.